The summed E-state index contributed by atoms with van der Waals surface area (Å²) in [5.74, 6) is -0.211. The number of nitrogens with one attached hydrogen (secondary N) is 2. The fourth-order valence-corrected chi connectivity index (χ4v) is 2.54. The van der Waals surface area contributed by atoms with E-state index in [2.05, 4.69) is 68.4 Å². The third kappa shape index (κ3) is 3.70. The molecule has 2 N–H and O–H groups in total. The monoisotopic (exact) mass is 467 g/mol. The first-order valence-electron chi connectivity index (χ1n) is 5.86. The van der Waals surface area contributed by atoms with Crippen LogP contribution in [0.3, 0.4) is 0 Å². The topological polar surface area (TPSA) is 75.6 Å². The number of amides is 1. The number of hydrogen-bond acceptors (Lipinski definition) is 3. The maximum Gasteiger partial charge on any atom is 0.273 e. The van der Waals surface area contributed by atoms with Gasteiger partial charge < -0.3 is 5.32 Å². The summed E-state index contributed by atoms with van der Waals surface area (Å²) in [5.41, 5.74) is 1.30. The first-order chi connectivity index (χ1) is 9.49. The average molecular weight is 470 g/mol. The molecule has 2 aromatic heterocycles. The highest BCUT2D eigenvalue weighted by Gasteiger charge is 2.15. The molecular formula is C11H12Br3N5O. The molecule has 0 saturated carbocycles. The van der Waals surface area contributed by atoms with E-state index in [0.29, 0.717) is 21.3 Å². The number of aromatic nitrogens is 4. The van der Waals surface area contributed by atoms with Gasteiger partial charge in [0.25, 0.3) is 5.91 Å². The van der Waals surface area contributed by atoms with Crippen LogP contribution in [0.1, 0.15) is 22.6 Å². The fourth-order valence-electron chi connectivity index (χ4n) is 1.59. The van der Waals surface area contributed by atoms with Crippen LogP contribution in [0.25, 0.3) is 0 Å². The molecular weight excluding hydrogens is 458 g/mol. The summed E-state index contributed by atoms with van der Waals surface area (Å²) >= 11 is 9.95. The summed E-state index contributed by atoms with van der Waals surface area (Å²) in [6.07, 6.45) is 2.72. The molecule has 0 aliphatic carbocycles. The van der Waals surface area contributed by atoms with Crippen LogP contribution in [0.2, 0.25) is 0 Å². The molecule has 0 aliphatic rings. The van der Waals surface area contributed by atoms with Crippen molar-refractivity contribution >= 4 is 53.7 Å². The van der Waals surface area contributed by atoms with E-state index >= 15 is 0 Å². The highest BCUT2D eigenvalue weighted by Crippen LogP contribution is 2.23. The SMILES string of the molecule is Cc1nn(CCCNC(=O)c2n[nH]c(Br)c2Br)cc1Br. The summed E-state index contributed by atoms with van der Waals surface area (Å²) in [6, 6.07) is 0. The summed E-state index contributed by atoms with van der Waals surface area (Å²) < 4.78 is 4.13. The van der Waals surface area contributed by atoms with Crippen LogP contribution >= 0.6 is 47.8 Å². The first kappa shape index (κ1) is 15.7. The van der Waals surface area contributed by atoms with E-state index in [1.54, 1.807) is 0 Å². The van der Waals surface area contributed by atoms with Gasteiger partial charge in [-0.2, -0.15) is 10.2 Å². The minimum absolute atomic E-state index is 0.211. The van der Waals surface area contributed by atoms with Gasteiger partial charge in [0, 0.05) is 19.3 Å². The summed E-state index contributed by atoms with van der Waals surface area (Å²) in [6.45, 7) is 3.25. The van der Waals surface area contributed by atoms with Gasteiger partial charge in [-0.1, -0.05) is 0 Å². The van der Waals surface area contributed by atoms with E-state index < -0.39 is 0 Å². The van der Waals surface area contributed by atoms with Crippen LogP contribution in [-0.4, -0.2) is 32.4 Å². The van der Waals surface area contributed by atoms with Crippen molar-refractivity contribution in [1.29, 1.82) is 0 Å². The molecule has 0 aromatic carbocycles. The molecule has 2 aromatic rings. The van der Waals surface area contributed by atoms with E-state index in [1.807, 2.05) is 17.8 Å². The normalized spacial score (nSPS) is 10.8. The highest BCUT2D eigenvalue weighted by molar-refractivity contribution is 9.13. The zero-order valence-corrected chi connectivity index (χ0v) is 15.3. The van der Waals surface area contributed by atoms with Gasteiger partial charge in [0.1, 0.15) is 4.60 Å². The van der Waals surface area contributed by atoms with Crippen molar-refractivity contribution in [2.75, 3.05) is 6.54 Å². The molecule has 0 aliphatic heterocycles. The van der Waals surface area contributed by atoms with Gasteiger partial charge in [0.05, 0.1) is 14.6 Å². The Balaban J connectivity index is 1.78. The number of nitrogens with zero attached hydrogens (tertiary/aromatic N) is 3. The highest BCUT2D eigenvalue weighted by atomic mass is 79.9. The Hall–Kier alpha value is -0.670. The molecule has 6 nitrogen and oxygen atoms in total. The predicted octanol–water partition coefficient (Wildman–Crippen LogP) is 3.02. The third-order valence-electron chi connectivity index (χ3n) is 2.62. The molecule has 108 valence electrons. The largest absolute Gasteiger partial charge is 0.351 e. The van der Waals surface area contributed by atoms with E-state index in [9.17, 15) is 4.79 Å². The van der Waals surface area contributed by atoms with E-state index in [0.717, 1.165) is 23.1 Å². The number of halogens is 3. The molecule has 1 amide bonds. The van der Waals surface area contributed by atoms with E-state index in [1.165, 1.54) is 0 Å². The van der Waals surface area contributed by atoms with Crippen molar-refractivity contribution in [1.82, 2.24) is 25.3 Å². The zero-order valence-electron chi connectivity index (χ0n) is 10.6. The molecule has 9 heteroatoms. The van der Waals surface area contributed by atoms with Gasteiger partial charge >= 0.3 is 0 Å². The second-order valence-electron chi connectivity index (χ2n) is 4.14. The van der Waals surface area contributed by atoms with Crippen LogP contribution in [0.15, 0.2) is 19.7 Å². The molecule has 0 atom stereocenters. The van der Waals surface area contributed by atoms with Crippen LogP contribution in [0, 0.1) is 6.92 Å². The van der Waals surface area contributed by atoms with Crippen molar-refractivity contribution in [3.8, 4) is 0 Å². The van der Waals surface area contributed by atoms with Crippen molar-refractivity contribution in [2.45, 2.75) is 19.9 Å². The average Bonchev–Trinajstić information content (AvgIpc) is 2.90. The Morgan fingerprint density at radius 2 is 2.20 bits per heavy atom. The fraction of sp³-hybridized carbons (Fsp3) is 0.364. The van der Waals surface area contributed by atoms with Crippen LogP contribution in [0.5, 0.6) is 0 Å². The van der Waals surface area contributed by atoms with Crippen molar-refractivity contribution < 1.29 is 4.79 Å². The van der Waals surface area contributed by atoms with Crippen LogP contribution < -0.4 is 5.32 Å². The number of hydrogen-bond donors (Lipinski definition) is 2. The Morgan fingerprint density at radius 3 is 2.75 bits per heavy atom. The molecule has 0 fully saturated rings. The van der Waals surface area contributed by atoms with Gasteiger partial charge in [-0.25, -0.2) is 0 Å². The summed E-state index contributed by atoms with van der Waals surface area (Å²) in [7, 11) is 0. The molecule has 2 rings (SSSR count). The Labute approximate surface area is 141 Å². The minimum atomic E-state index is -0.211. The molecule has 0 bridgehead atoms. The lowest BCUT2D eigenvalue weighted by Crippen LogP contribution is -2.26. The minimum Gasteiger partial charge on any atom is -0.351 e. The molecule has 20 heavy (non-hydrogen) atoms. The molecule has 0 saturated heterocycles. The van der Waals surface area contributed by atoms with Gasteiger partial charge in [-0.15, -0.1) is 0 Å². The van der Waals surface area contributed by atoms with Crippen molar-refractivity contribution in [3.63, 3.8) is 0 Å². The van der Waals surface area contributed by atoms with Gasteiger partial charge in [-0.05, 0) is 61.1 Å². The number of H-pyrrole nitrogens is 1. The number of rotatable bonds is 5. The lowest BCUT2D eigenvalue weighted by atomic mass is 10.3. The number of aryl methyl sites for hydroxylation is 2. The van der Waals surface area contributed by atoms with Crippen LogP contribution in [0.4, 0.5) is 0 Å². The number of aromatic amines is 1. The summed E-state index contributed by atoms with van der Waals surface area (Å²) in [4.78, 5) is 11.9. The molecule has 0 radical (unpaired) electrons. The van der Waals surface area contributed by atoms with E-state index in [-0.39, 0.29) is 5.91 Å². The molecule has 2 heterocycles. The van der Waals surface area contributed by atoms with Crippen molar-refractivity contribution in [3.05, 3.63) is 31.1 Å². The van der Waals surface area contributed by atoms with Gasteiger partial charge in [-0.3, -0.25) is 14.6 Å². The number of carbonyl (C=O) groups is 1. The van der Waals surface area contributed by atoms with Gasteiger partial charge in [0.15, 0.2) is 5.69 Å². The second kappa shape index (κ2) is 6.86. The maximum atomic E-state index is 11.9. The lowest BCUT2D eigenvalue weighted by Gasteiger charge is -2.04. The maximum absolute atomic E-state index is 11.9. The molecule has 0 spiro atoms. The van der Waals surface area contributed by atoms with Crippen molar-refractivity contribution in [2.24, 2.45) is 0 Å². The predicted molar refractivity (Wildman–Crippen MR) is 85.6 cm³/mol. The quantitative estimate of drug-likeness (QED) is 0.661. The zero-order chi connectivity index (χ0) is 14.7. The third-order valence-corrected chi connectivity index (χ3v) is 5.27. The Bertz CT molecular complexity index is 602. The first-order valence-corrected chi connectivity index (χ1v) is 8.24. The Morgan fingerprint density at radius 1 is 1.45 bits per heavy atom. The van der Waals surface area contributed by atoms with Crippen LogP contribution in [-0.2, 0) is 6.54 Å². The smallest absolute Gasteiger partial charge is 0.273 e. The second-order valence-corrected chi connectivity index (χ2v) is 6.58. The number of carbonyl (C=O) groups excluding carboxylic acids is 1. The molecule has 0 unspecified atom stereocenters. The lowest BCUT2D eigenvalue weighted by molar-refractivity contribution is 0.0947. The standard InChI is InChI=1S/C11H12Br3N5O/c1-6-7(12)5-19(18-6)4-2-3-15-11(20)9-8(13)10(14)17-16-9/h5H,2-4H2,1H3,(H,15,20)(H,16,17). The summed E-state index contributed by atoms with van der Waals surface area (Å²) in [5, 5.41) is 13.7. The van der Waals surface area contributed by atoms with Gasteiger partial charge in [0.2, 0.25) is 0 Å². The Kier molecular flexibility index (Phi) is 5.39. The van der Waals surface area contributed by atoms with E-state index in [4.69, 9.17) is 0 Å².